The van der Waals surface area contributed by atoms with Gasteiger partial charge in [-0.25, -0.2) is 14.4 Å². The molecule has 0 amide bonds. The highest BCUT2D eigenvalue weighted by atomic mass is 19.1. The second-order valence-corrected chi connectivity index (χ2v) is 10.1. The molecular formula is C30H31FN6O4. The fourth-order valence-electron chi connectivity index (χ4n) is 5.32. The molecule has 41 heavy (non-hydrogen) atoms. The van der Waals surface area contributed by atoms with Crippen molar-refractivity contribution in [2.45, 2.75) is 44.9 Å². The predicted octanol–water partition coefficient (Wildman–Crippen LogP) is 4.90. The number of methoxy groups -OCH3 is 1. The van der Waals surface area contributed by atoms with Gasteiger partial charge in [0.05, 0.1) is 19.8 Å². The van der Waals surface area contributed by atoms with Gasteiger partial charge in [-0.2, -0.15) is 0 Å². The van der Waals surface area contributed by atoms with Crippen molar-refractivity contribution in [1.29, 1.82) is 0 Å². The zero-order valence-corrected chi connectivity index (χ0v) is 23.1. The summed E-state index contributed by atoms with van der Waals surface area (Å²) < 4.78 is 33.7. The van der Waals surface area contributed by atoms with Crippen molar-refractivity contribution in [3.63, 3.8) is 0 Å². The van der Waals surface area contributed by atoms with Crippen LogP contribution in [0.15, 0.2) is 53.2 Å². The van der Waals surface area contributed by atoms with E-state index >= 15 is 0 Å². The third-order valence-corrected chi connectivity index (χ3v) is 7.34. The molecule has 0 spiro atoms. The SMILES string of the molecule is CCOc1cc(-c2ccc(F)cc2-c2nncn2C)cc(-c2nc3cc(CN[C@@H]4CCC[C@@H]4O)cc(OC)c3o2)n1. The third-order valence-electron chi connectivity index (χ3n) is 7.34. The van der Waals surface area contributed by atoms with Crippen molar-refractivity contribution < 1.29 is 23.4 Å². The Morgan fingerprint density at radius 3 is 2.73 bits per heavy atom. The molecule has 11 heteroatoms. The maximum atomic E-state index is 14.4. The number of aliphatic hydroxyl groups excluding tert-OH is 1. The van der Waals surface area contributed by atoms with Gasteiger partial charge in [0.2, 0.25) is 11.8 Å². The van der Waals surface area contributed by atoms with E-state index in [9.17, 15) is 9.50 Å². The van der Waals surface area contributed by atoms with Crippen LogP contribution in [0.3, 0.4) is 0 Å². The highest BCUT2D eigenvalue weighted by molar-refractivity contribution is 5.85. The van der Waals surface area contributed by atoms with E-state index in [-0.39, 0.29) is 18.0 Å². The van der Waals surface area contributed by atoms with Crippen LogP contribution < -0.4 is 14.8 Å². The number of ether oxygens (including phenoxy) is 2. The Bertz CT molecular complexity index is 1700. The molecule has 0 radical (unpaired) electrons. The largest absolute Gasteiger partial charge is 0.493 e. The topological polar surface area (TPSA) is 120 Å². The molecule has 1 aliphatic rings. The Morgan fingerprint density at radius 2 is 2.00 bits per heavy atom. The molecular weight excluding hydrogens is 527 g/mol. The molecule has 6 rings (SSSR count). The van der Waals surface area contributed by atoms with Gasteiger partial charge in [-0.3, -0.25) is 0 Å². The Balaban J connectivity index is 1.41. The molecule has 0 unspecified atom stereocenters. The zero-order valence-electron chi connectivity index (χ0n) is 23.1. The van der Waals surface area contributed by atoms with E-state index in [2.05, 4.69) is 20.5 Å². The molecule has 0 aliphatic heterocycles. The number of oxazole rings is 1. The number of rotatable bonds is 9. The quantitative estimate of drug-likeness (QED) is 0.260. The first kappa shape index (κ1) is 26.9. The number of pyridine rings is 1. The number of aryl methyl sites for hydroxylation is 1. The van der Waals surface area contributed by atoms with Gasteiger partial charge < -0.3 is 28.9 Å². The lowest BCUT2D eigenvalue weighted by Gasteiger charge is -2.16. The van der Waals surface area contributed by atoms with Gasteiger partial charge in [-0.05, 0) is 73.2 Å². The summed E-state index contributed by atoms with van der Waals surface area (Å²) in [6, 6.07) is 12.1. The van der Waals surface area contributed by atoms with Crippen molar-refractivity contribution in [3.05, 3.63) is 60.2 Å². The Kier molecular flexibility index (Phi) is 7.38. The lowest BCUT2D eigenvalue weighted by Crippen LogP contribution is -2.35. The van der Waals surface area contributed by atoms with Crippen LogP contribution in [0.5, 0.6) is 11.6 Å². The first-order valence-electron chi connectivity index (χ1n) is 13.6. The number of aliphatic hydroxyl groups is 1. The van der Waals surface area contributed by atoms with Crippen LogP contribution in [0.2, 0.25) is 0 Å². The van der Waals surface area contributed by atoms with Gasteiger partial charge in [0.15, 0.2) is 17.2 Å². The average Bonchev–Trinajstić information content (AvgIpc) is 3.71. The average molecular weight is 559 g/mol. The normalized spacial score (nSPS) is 16.9. The van der Waals surface area contributed by atoms with E-state index < -0.39 is 0 Å². The summed E-state index contributed by atoms with van der Waals surface area (Å²) in [5.41, 5.74) is 4.56. The number of hydrogen-bond acceptors (Lipinski definition) is 9. The predicted molar refractivity (Wildman–Crippen MR) is 151 cm³/mol. The maximum absolute atomic E-state index is 14.4. The zero-order chi connectivity index (χ0) is 28.5. The number of nitrogens with one attached hydrogen (secondary N) is 1. The fourth-order valence-corrected chi connectivity index (χ4v) is 5.32. The van der Waals surface area contributed by atoms with Crippen LogP contribution in [-0.4, -0.2) is 55.7 Å². The highest BCUT2D eigenvalue weighted by Gasteiger charge is 2.25. The van der Waals surface area contributed by atoms with E-state index in [0.717, 1.165) is 36.0 Å². The Labute approximate surface area is 236 Å². The van der Waals surface area contributed by atoms with Crippen molar-refractivity contribution in [1.82, 2.24) is 30.0 Å². The minimum absolute atomic E-state index is 0.0754. The van der Waals surface area contributed by atoms with E-state index in [0.29, 0.717) is 58.9 Å². The summed E-state index contributed by atoms with van der Waals surface area (Å²) in [6.07, 6.45) is 4.03. The van der Waals surface area contributed by atoms with E-state index in [1.165, 1.54) is 12.1 Å². The van der Waals surface area contributed by atoms with Crippen LogP contribution in [0, 0.1) is 5.82 Å². The molecule has 212 valence electrons. The number of hydrogen-bond donors (Lipinski definition) is 2. The second kappa shape index (κ2) is 11.3. The maximum Gasteiger partial charge on any atom is 0.246 e. The molecule has 10 nitrogen and oxygen atoms in total. The first-order chi connectivity index (χ1) is 19.9. The van der Waals surface area contributed by atoms with Gasteiger partial charge in [-0.15, -0.1) is 10.2 Å². The minimum atomic E-state index is -0.384. The molecule has 1 fully saturated rings. The summed E-state index contributed by atoms with van der Waals surface area (Å²) in [7, 11) is 3.39. The van der Waals surface area contributed by atoms with E-state index in [4.69, 9.17) is 18.9 Å². The molecule has 0 saturated heterocycles. The molecule has 3 aromatic heterocycles. The van der Waals surface area contributed by atoms with Gasteiger partial charge >= 0.3 is 0 Å². The molecule has 3 heterocycles. The molecule has 1 aliphatic carbocycles. The van der Waals surface area contributed by atoms with Crippen LogP contribution >= 0.6 is 0 Å². The molecule has 2 N–H and O–H groups in total. The van der Waals surface area contributed by atoms with E-state index in [1.54, 1.807) is 37.2 Å². The van der Waals surface area contributed by atoms with Crippen LogP contribution in [0.4, 0.5) is 4.39 Å². The van der Waals surface area contributed by atoms with Crippen LogP contribution in [0.1, 0.15) is 31.7 Å². The molecule has 2 aromatic carbocycles. The van der Waals surface area contributed by atoms with Crippen molar-refractivity contribution in [2.75, 3.05) is 13.7 Å². The Hall–Kier alpha value is -4.35. The lowest BCUT2D eigenvalue weighted by atomic mass is 9.99. The summed E-state index contributed by atoms with van der Waals surface area (Å²) in [5.74, 6) is 1.36. The lowest BCUT2D eigenvalue weighted by molar-refractivity contribution is 0.148. The number of benzene rings is 2. The second-order valence-electron chi connectivity index (χ2n) is 10.1. The summed E-state index contributed by atoms with van der Waals surface area (Å²) >= 11 is 0. The van der Waals surface area contributed by atoms with Crippen LogP contribution in [-0.2, 0) is 13.6 Å². The van der Waals surface area contributed by atoms with Gasteiger partial charge in [0.1, 0.15) is 23.4 Å². The monoisotopic (exact) mass is 558 g/mol. The van der Waals surface area contributed by atoms with Crippen molar-refractivity contribution >= 4 is 11.1 Å². The summed E-state index contributed by atoms with van der Waals surface area (Å²) in [5, 5.41) is 21.8. The standard InChI is InChI=1S/C30H31FN6O4/c1-4-40-27-13-18(20-9-8-19(31)14-21(20)29-36-33-16-37(29)2)12-24(34-27)30-35-23-10-17(11-26(39-3)28(23)41-30)15-32-22-6-5-7-25(22)38/h8-14,16,22,25,32,38H,4-7,15H2,1-3H3/t22-,25+/m1/s1. The number of nitrogens with zero attached hydrogens (tertiary/aromatic N) is 5. The molecule has 0 bridgehead atoms. The number of aromatic nitrogens is 5. The Morgan fingerprint density at radius 1 is 1.12 bits per heavy atom. The minimum Gasteiger partial charge on any atom is -0.493 e. The highest BCUT2D eigenvalue weighted by Crippen LogP contribution is 2.37. The van der Waals surface area contributed by atoms with Gasteiger partial charge in [0, 0.05) is 31.3 Å². The molecule has 1 saturated carbocycles. The number of halogens is 1. The molecule has 5 aromatic rings. The number of fused-ring (bicyclic) bond motifs is 1. The smallest absolute Gasteiger partial charge is 0.246 e. The fraction of sp³-hybridized carbons (Fsp3) is 0.333. The van der Waals surface area contributed by atoms with Crippen LogP contribution in [0.25, 0.3) is 45.2 Å². The van der Waals surface area contributed by atoms with Crippen molar-refractivity contribution in [3.8, 4) is 45.7 Å². The molecule has 2 atom stereocenters. The first-order valence-corrected chi connectivity index (χ1v) is 13.6. The summed E-state index contributed by atoms with van der Waals surface area (Å²) in [4.78, 5) is 9.41. The third kappa shape index (κ3) is 5.38. The van der Waals surface area contributed by atoms with E-state index in [1.807, 2.05) is 25.1 Å². The summed E-state index contributed by atoms with van der Waals surface area (Å²) in [6.45, 7) is 2.85. The van der Waals surface area contributed by atoms with Gasteiger partial charge in [0.25, 0.3) is 0 Å². The van der Waals surface area contributed by atoms with Gasteiger partial charge in [-0.1, -0.05) is 6.07 Å². The van der Waals surface area contributed by atoms with Crippen molar-refractivity contribution in [2.24, 2.45) is 7.05 Å².